The maximum Gasteiger partial charge on any atom is 0.189 e. The normalized spacial score (nSPS) is 20.1. The predicted molar refractivity (Wildman–Crippen MR) is 68.2 cm³/mol. The van der Waals surface area contributed by atoms with Gasteiger partial charge in [0.25, 0.3) is 0 Å². The van der Waals surface area contributed by atoms with Crippen LogP contribution in [0.15, 0.2) is 16.3 Å². The summed E-state index contributed by atoms with van der Waals surface area (Å²) in [5.74, 6) is 0.904. The Morgan fingerprint density at radius 1 is 1.38 bits per heavy atom. The third-order valence-corrected chi connectivity index (χ3v) is 3.07. The standard InChI is InChI=1S/C11H16N4S/c1-7-6-10(13-11(12-7)16-4)15-9(3)5-8(2)14-15/h6,9H,5H2,1-4H3. The molecule has 0 N–H and O–H groups in total. The van der Waals surface area contributed by atoms with Crippen molar-refractivity contribution in [3.8, 4) is 0 Å². The Balaban J connectivity index is 2.36. The molecule has 1 aromatic rings. The Morgan fingerprint density at radius 2 is 2.12 bits per heavy atom. The van der Waals surface area contributed by atoms with Crippen molar-refractivity contribution in [2.45, 2.75) is 38.4 Å². The van der Waals surface area contributed by atoms with Gasteiger partial charge in [-0.15, -0.1) is 0 Å². The molecule has 0 bridgehead atoms. The predicted octanol–water partition coefficient (Wildman–Crippen LogP) is 2.48. The van der Waals surface area contributed by atoms with Crippen molar-refractivity contribution in [3.05, 3.63) is 11.8 Å². The van der Waals surface area contributed by atoms with E-state index in [4.69, 9.17) is 0 Å². The van der Waals surface area contributed by atoms with Gasteiger partial charge in [0.05, 0.1) is 6.04 Å². The van der Waals surface area contributed by atoms with E-state index >= 15 is 0 Å². The van der Waals surface area contributed by atoms with Crippen LogP contribution in [-0.4, -0.2) is 28.0 Å². The largest absolute Gasteiger partial charge is 0.245 e. The van der Waals surface area contributed by atoms with Crippen molar-refractivity contribution in [1.82, 2.24) is 9.97 Å². The molecule has 2 heterocycles. The van der Waals surface area contributed by atoms with Gasteiger partial charge in [-0.2, -0.15) is 5.10 Å². The molecule has 0 fully saturated rings. The average Bonchev–Trinajstić information content (AvgIpc) is 2.57. The molecule has 0 saturated carbocycles. The summed E-state index contributed by atoms with van der Waals surface area (Å²) in [6.45, 7) is 6.21. The Bertz CT molecular complexity index is 430. The minimum atomic E-state index is 0.393. The summed E-state index contributed by atoms with van der Waals surface area (Å²) < 4.78 is 0. The monoisotopic (exact) mass is 236 g/mol. The van der Waals surface area contributed by atoms with Gasteiger partial charge < -0.3 is 0 Å². The summed E-state index contributed by atoms with van der Waals surface area (Å²) in [6.07, 6.45) is 3.00. The number of anilines is 1. The smallest absolute Gasteiger partial charge is 0.189 e. The van der Waals surface area contributed by atoms with Crippen LogP contribution >= 0.6 is 11.8 Å². The third kappa shape index (κ3) is 2.19. The molecular formula is C11H16N4S. The van der Waals surface area contributed by atoms with E-state index in [-0.39, 0.29) is 0 Å². The molecule has 1 unspecified atom stereocenters. The Hall–Kier alpha value is -1.10. The minimum Gasteiger partial charge on any atom is -0.245 e. The summed E-state index contributed by atoms with van der Waals surface area (Å²) in [4.78, 5) is 8.83. The van der Waals surface area contributed by atoms with Crippen molar-refractivity contribution in [2.75, 3.05) is 11.3 Å². The van der Waals surface area contributed by atoms with E-state index in [1.807, 2.05) is 24.3 Å². The van der Waals surface area contributed by atoms with Crippen LogP contribution in [0.1, 0.15) is 26.0 Å². The van der Waals surface area contributed by atoms with Crippen LogP contribution in [0.25, 0.3) is 0 Å². The summed E-state index contributed by atoms with van der Waals surface area (Å²) in [7, 11) is 0. The average molecular weight is 236 g/mol. The Kier molecular flexibility index (Phi) is 3.14. The van der Waals surface area contributed by atoms with Gasteiger partial charge in [0.15, 0.2) is 11.0 Å². The molecule has 86 valence electrons. The molecule has 0 spiro atoms. The van der Waals surface area contributed by atoms with Gasteiger partial charge in [0.2, 0.25) is 0 Å². The zero-order valence-corrected chi connectivity index (χ0v) is 10.9. The number of hydrazone groups is 1. The van der Waals surface area contributed by atoms with Gasteiger partial charge in [0.1, 0.15) is 0 Å². The first kappa shape index (κ1) is 11.4. The van der Waals surface area contributed by atoms with Crippen LogP contribution in [0.3, 0.4) is 0 Å². The molecule has 0 aliphatic carbocycles. The topological polar surface area (TPSA) is 41.4 Å². The number of nitrogens with zero attached hydrogens (tertiary/aromatic N) is 4. The zero-order valence-electron chi connectivity index (χ0n) is 10.1. The second kappa shape index (κ2) is 4.41. The summed E-state index contributed by atoms with van der Waals surface area (Å²) in [5.41, 5.74) is 2.15. The van der Waals surface area contributed by atoms with E-state index in [2.05, 4.69) is 28.9 Å². The lowest BCUT2D eigenvalue weighted by atomic mass is 10.2. The fraction of sp³-hybridized carbons (Fsp3) is 0.545. The van der Waals surface area contributed by atoms with Crippen LogP contribution in [-0.2, 0) is 0 Å². The molecule has 16 heavy (non-hydrogen) atoms. The Morgan fingerprint density at radius 3 is 2.69 bits per heavy atom. The number of hydrogen-bond donors (Lipinski definition) is 0. The van der Waals surface area contributed by atoms with E-state index in [9.17, 15) is 0 Å². The summed E-state index contributed by atoms with van der Waals surface area (Å²) >= 11 is 1.56. The second-order valence-electron chi connectivity index (χ2n) is 4.09. The number of aromatic nitrogens is 2. The first-order chi connectivity index (χ1) is 7.60. The highest BCUT2D eigenvalue weighted by atomic mass is 32.2. The van der Waals surface area contributed by atoms with Gasteiger partial charge >= 0.3 is 0 Å². The van der Waals surface area contributed by atoms with Crippen LogP contribution in [0.5, 0.6) is 0 Å². The first-order valence-electron chi connectivity index (χ1n) is 5.33. The molecule has 1 aliphatic heterocycles. The highest BCUT2D eigenvalue weighted by Crippen LogP contribution is 2.24. The number of hydrogen-bond acceptors (Lipinski definition) is 5. The van der Waals surface area contributed by atoms with Crippen molar-refractivity contribution < 1.29 is 0 Å². The van der Waals surface area contributed by atoms with E-state index in [0.717, 1.165) is 28.8 Å². The fourth-order valence-electron chi connectivity index (χ4n) is 1.85. The first-order valence-corrected chi connectivity index (χ1v) is 6.55. The molecule has 2 rings (SSSR count). The molecule has 1 aromatic heterocycles. The molecule has 0 saturated heterocycles. The third-order valence-electron chi connectivity index (χ3n) is 2.52. The van der Waals surface area contributed by atoms with Gasteiger partial charge in [0, 0.05) is 23.9 Å². The minimum absolute atomic E-state index is 0.393. The molecule has 0 aromatic carbocycles. The van der Waals surface area contributed by atoms with Crippen molar-refractivity contribution in [1.29, 1.82) is 0 Å². The van der Waals surface area contributed by atoms with Gasteiger partial charge in [-0.05, 0) is 27.0 Å². The molecule has 4 nitrogen and oxygen atoms in total. The fourth-order valence-corrected chi connectivity index (χ4v) is 2.27. The molecule has 0 radical (unpaired) electrons. The van der Waals surface area contributed by atoms with E-state index < -0.39 is 0 Å². The van der Waals surface area contributed by atoms with Crippen molar-refractivity contribution >= 4 is 23.3 Å². The van der Waals surface area contributed by atoms with E-state index in [0.29, 0.717) is 6.04 Å². The SMILES string of the molecule is CSc1nc(C)cc(N2N=C(C)CC2C)n1. The van der Waals surface area contributed by atoms with Crippen LogP contribution < -0.4 is 5.01 Å². The molecule has 5 heteroatoms. The number of aryl methyl sites for hydroxylation is 1. The van der Waals surface area contributed by atoms with Crippen molar-refractivity contribution in [2.24, 2.45) is 5.10 Å². The van der Waals surface area contributed by atoms with E-state index in [1.165, 1.54) is 0 Å². The van der Waals surface area contributed by atoms with Gasteiger partial charge in [-0.3, -0.25) is 0 Å². The van der Waals surface area contributed by atoms with Crippen molar-refractivity contribution in [3.63, 3.8) is 0 Å². The number of thioether (sulfide) groups is 1. The van der Waals surface area contributed by atoms with E-state index in [1.54, 1.807) is 11.8 Å². The maximum absolute atomic E-state index is 4.51. The molecular weight excluding hydrogens is 220 g/mol. The lowest BCUT2D eigenvalue weighted by molar-refractivity contribution is 0.703. The van der Waals surface area contributed by atoms with Crippen LogP contribution in [0.2, 0.25) is 0 Å². The summed E-state index contributed by atoms with van der Waals surface area (Å²) in [6, 6.07) is 2.38. The maximum atomic E-state index is 4.51. The highest BCUT2D eigenvalue weighted by Gasteiger charge is 2.23. The quantitative estimate of drug-likeness (QED) is 0.584. The van der Waals surface area contributed by atoms with Crippen LogP contribution in [0, 0.1) is 6.92 Å². The second-order valence-corrected chi connectivity index (χ2v) is 4.86. The van der Waals surface area contributed by atoms with Gasteiger partial charge in [-0.25, -0.2) is 15.0 Å². The summed E-state index contributed by atoms with van der Waals surface area (Å²) in [5, 5.41) is 7.30. The zero-order chi connectivity index (χ0) is 11.7. The van der Waals surface area contributed by atoms with Crippen LogP contribution in [0.4, 0.5) is 5.82 Å². The molecule has 1 atom stereocenters. The highest BCUT2D eigenvalue weighted by molar-refractivity contribution is 7.98. The van der Waals surface area contributed by atoms with Gasteiger partial charge in [-0.1, -0.05) is 11.8 Å². The lowest BCUT2D eigenvalue weighted by Gasteiger charge is -2.19. The molecule has 1 aliphatic rings. The molecule has 0 amide bonds. The Labute approximate surface area is 100 Å². The number of rotatable bonds is 2. The lowest BCUT2D eigenvalue weighted by Crippen LogP contribution is -2.24.